The summed E-state index contributed by atoms with van der Waals surface area (Å²) >= 11 is 1.75. The van der Waals surface area contributed by atoms with Crippen LogP contribution in [0.3, 0.4) is 0 Å². The average molecular weight is 322 g/mol. The molecule has 0 heterocycles. The van der Waals surface area contributed by atoms with E-state index in [0.29, 0.717) is 0 Å². The molecule has 0 nitrogen and oxygen atoms in total. The van der Waals surface area contributed by atoms with E-state index >= 15 is 0 Å². The second kappa shape index (κ2) is 10.9. The molecule has 22 heavy (non-hydrogen) atoms. The summed E-state index contributed by atoms with van der Waals surface area (Å²) in [4.78, 5) is 3.25. The number of hydrogen-bond donors (Lipinski definition) is 0. The van der Waals surface area contributed by atoms with Crippen molar-refractivity contribution in [2.75, 3.05) is 0 Å². The molecule has 1 heteroatoms. The van der Waals surface area contributed by atoms with Crippen LogP contribution in [0.5, 0.6) is 0 Å². The molecule has 0 unspecified atom stereocenters. The van der Waals surface area contributed by atoms with Gasteiger partial charge in [-0.15, -0.1) is 59.3 Å². The largest absolute Gasteiger partial charge is 0.358 e. The van der Waals surface area contributed by atoms with Crippen LogP contribution in [0, 0.1) is 14.9 Å². The SMILES string of the molecule is [CH2]=[Ti].[CH3-].[CH3-].c1ccc2[cH-]ccc2c1.c1ccc2[cH-]ccc2c1. The fraction of sp³-hybridized carbons (Fsp3) is 0. The fourth-order valence-electron chi connectivity index (χ4n) is 2.14. The molecule has 0 spiro atoms. The summed E-state index contributed by atoms with van der Waals surface area (Å²) in [6.07, 6.45) is 0. The van der Waals surface area contributed by atoms with Crippen molar-refractivity contribution in [3.8, 4) is 0 Å². The monoisotopic (exact) mass is 322 g/mol. The molecule has 0 atom stereocenters. The van der Waals surface area contributed by atoms with Gasteiger partial charge < -0.3 is 14.9 Å². The zero-order valence-electron chi connectivity index (χ0n) is 13.3. The molecule has 0 radical (unpaired) electrons. The molecule has 0 aliphatic heterocycles. The molecular weight excluding hydrogens is 300 g/mol. The Balaban J connectivity index is 0.000000334. The van der Waals surface area contributed by atoms with Gasteiger partial charge in [0.15, 0.2) is 0 Å². The van der Waals surface area contributed by atoms with Crippen molar-refractivity contribution < 1.29 is 20.0 Å². The minimum Gasteiger partial charge on any atom is -0.358 e. The molecule has 0 aromatic heterocycles. The van der Waals surface area contributed by atoms with Gasteiger partial charge in [0.25, 0.3) is 0 Å². The molecule has 0 bridgehead atoms. The van der Waals surface area contributed by atoms with Crippen LogP contribution >= 0.6 is 0 Å². The molecule has 0 saturated carbocycles. The Hall–Kier alpha value is -1.76. The van der Waals surface area contributed by atoms with Gasteiger partial charge in [-0.05, 0) is 0 Å². The molecule has 0 fully saturated rings. The van der Waals surface area contributed by atoms with Crippen molar-refractivity contribution in [2.45, 2.75) is 0 Å². The van der Waals surface area contributed by atoms with Crippen LogP contribution in [0.25, 0.3) is 21.5 Å². The van der Waals surface area contributed by atoms with Crippen molar-refractivity contribution in [3.05, 3.63) is 99.8 Å². The summed E-state index contributed by atoms with van der Waals surface area (Å²) in [6.45, 7) is 0. The minimum atomic E-state index is 0. The van der Waals surface area contributed by atoms with E-state index in [-0.39, 0.29) is 14.9 Å². The Morgan fingerprint density at radius 2 is 0.955 bits per heavy atom. The molecule has 4 rings (SSSR count). The molecule has 4 aromatic rings. The van der Waals surface area contributed by atoms with Crippen molar-refractivity contribution >= 4 is 26.4 Å². The minimum absolute atomic E-state index is 0. The van der Waals surface area contributed by atoms with E-state index in [2.05, 4.69) is 89.7 Å². The van der Waals surface area contributed by atoms with Crippen molar-refractivity contribution in [1.29, 1.82) is 0 Å². The van der Waals surface area contributed by atoms with Gasteiger partial charge in [0.05, 0.1) is 0 Å². The van der Waals surface area contributed by atoms with Crippen LogP contribution in [0.1, 0.15) is 0 Å². The number of rotatable bonds is 0. The first-order valence-corrected chi connectivity index (χ1v) is 7.60. The van der Waals surface area contributed by atoms with Crippen LogP contribution in [-0.2, 0) is 20.0 Å². The molecular formula is C21H22Ti-4. The van der Waals surface area contributed by atoms with Crippen LogP contribution in [0.2, 0.25) is 0 Å². The Bertz CT molecular complexity index is 635. The third kappa shape index (κ3) is 5.22. The standard InChI is InChI=1S/2C9H7.2CH3.CH2.Ti/c2*1-2-5-9-7-3-6-8(9)4-1;;;;/h2*1-7H;2*1H3;1H2;/q4*-1;;. The maximum atomic E-state index is 3.25. The van der Waals surface area contributed by atoms with Crippen molar-refractivity contribution in [3.63, 3.8) is 0 Å². The Morgan fingerprint density at radius 3 is 1.32 bits per heavy atom. The first kappa shape index (κ1) is 20.2. The van der Waals surface area contributed by atoms with Gasteiger partial charge in [-0.2, -0.15) is 35.0 Å². The predicted molar refractivity (Wildman–Crippen MR) is 99.0 cm³/mol. The predicted octanol–water partition coefficient (Wildman–Crippen LogP) is 5.98. The Morgan fingerprint density at radius 1 is 0.591 bits per heavy atom. The fourth-order valence-corrected chi connectivity index (χ4v) is 2.14. The van der Waals surface area contributed by atoms with Crippen LogP contribution in [0.15, 0.2) is 84.9 Å². The van der Waals surface area contributed by atoms with E-state index in [1.807, 2.05) is 0 Å². The summed E-state index contributed by atoms with van der Waals surface area (Å²) in [7, 11) is 0. The topological polar surface area (TPSA) is 0 Å². The summed E-state index contributed by atoms with van der Waals surface area (Å²) in [5, 5.41) is 5.32. The number of benzene rings is 2. The maximum absolute atomic E-state index is 3.25. The molecule has 0 N–H and O–H groups in total. The molecule has 0 aliphatic rings. The van der Waals surface area contributed by atoms with E-state index in [1.54, 1.807) is 20.0 Å². The summed E-state index contributed by atoms with van der Waals surface area (Å²) in [5.41, 5.74) is 0. The van der Waals surface area contributed by atoms with Gasteiger partial charge in [0.1, 0.15) is 0 Å². The molecule has 0 saturated heterocycles. The van der Waals surface area contributed by atoms with Gasteiger partial charge in [-0.3, -0.25) is 0 Å². The average Bonchev–Trinajstić information content (AvgIpc) is 3.18. The third-order valence-corrected chi connectivity index (χ3v) is 3.10. The molecule has 114 valence electrons. The summed E-state index contributed by atoms with van der Waals surface area (Å²) in [6, 6.07) is 29.3. The zero-order chi connectivity index (χ0) is 14.2. The van der Waals surface area contributed by atoms with E-state index in [1.165, 1.54) is 21.5 Å². The summed E-state index contributed by atoms with van der Waals surface area (Å²) < 4.78 is 0. The molecule has 4 aromatic carbocycles. The van der Waals surface area contributed by atoms with Gasteiger partial charge in [-0.1, -0.05) is 12.1 Å². The number of fused-ring (bicyclic) bond motifs is 2. The van der Waals surface area contributed by atoms with Gasteiger partial charge in [0, 0.05) is 0 Å². The number of hydrogen-bond acceptors (Lipinski definition) is 0. The van der Waals surface area contributed by atoms with Crippen molar-refractivity contribution in [2.24, 2.45) is 0 Å². The van der Waals surface area contributed by atoms with E-state index in [9.17, 15) is 0 Å². The molecule has 0 amide bonds. The maximum Gasteiger partial charge on any atom is -0.0809 e. The first-order valence-electron chi connectivity index (χ1n) is 6.50. The van der Waals surface area contributed by atoms with Gasteiger partial charge >= 0.3 is 24.8 Å². The molecule has 0 aliphatic carbocycles. The smallest absolute Gasteiger partial charge is 0.0809 e. The van der Waals surface area contributed by atoms with E-state index in [0.717, 1.165) is 0 Å². The third-order valence-electron chi connectivity index (χ3n) is 3.10. The first-order chi connectivity index (χ1) is 9.93. The van der Waals surface area contributed by atoms with Crippen LogP contribution in [0.4, 0.5) is 0 Å². The Labute approximate surface area is 146 Å². The van der Waals surface area contributed by atoms with Crippen molar-refractivity contribution in [1.82, 2.24) is 0 Å². The normalized spacial score (nSPS) is 8.50. The van der Waals surface area contributed by atoms with E-state index < -0.39 is 0 Å². The Kier molecular flexibility index (Phi) is 10.0. The van der Waals surface area contributed by atoms with Gasteiger partial charge in [0.2, 0.25) is 0 Å². The van der Waals surface area contributed by atoms with Crippen LogP contribution in [-0.4, -0.2) is 4.82 Å². The van der Waals surface area contributed by atoms with Crippen LogP contribution < -0.4 is 0 Å². The second-order valence-corrected chi connectivity index (χ2v) is 4.31. The van der Waals surface area contributed by atoms with Gasteiger partial charge in [-0.25, -0.2) is 0 Å². The second-order valence-electron chi connectivity index (χ2n) is 4.31. The quantitative estimate of drug-likeness (QED) is 0.276. The zero-order valence-corrected chi connectivity index (χ0v) is 14.9. The summed E-state index contributed by atoms with van der Waals surface area (Å²) in [5.74, 6) is 0. The van der Waals surface area contributed by atoms with E-state index in [4.69, 9.17) is 0 Å².